The van der Waals surface area contributed by atoms with Crippen LogP contribution in [0.5, 0.6) is 0 Å². The first-order valence-corrected chi connectivity index (χ1v) is 6.89. The molecule has 1 aromatic carbocycles. The number of morpholine rings is 1. The number of rotatable bonds is 2. The van der Waals surface area contributed by atoms with Crippen LogP contribution in [0.1, 0.15) is 22.8 Å². The minimum Gasteiger partial charge on any atom is -0.394 e. The van der Waals surface area contributed by atoms with E-state index in [1.807, 2.05) is 6.92 Å². The van der Waals surface area contributed by atoms with E-state index in [1.165, 1.54) is 0 Å². The zero-order valence-electron chi connectivity index (χ0n) is 12.0. The zero-order valence-corrected chi connectivity index (χ0v) is 12.0. The van der Waals surface area contributed by atoms with E-state index in [4.69, 9.17) is 9.84 Å². The minimum absolute atomic E-state index is 0.0563. The first-order chi connectivity index (χ1) is 10.2. The molecular formula is C16H19NO4. The van der Waals surface area contributed by atoms with Crippen molar-refractivity contribution in [3.63, 3.8) is 0 Å². The summed E-state index contributed by atoms with van der Waals surface area (Å²) < 4.78 is 5.45. The first-order valence-electron chi connectivity index (χ1n) is 6.89. The van der Waals surface area contributed by atoms with Gasteiger partial charge in [0.25, 0.3) is 5.91 Å². The highest BCUT2D eigenvalue weighted by atomic mass is 16.5. The fourth-order valence-corrected chi connectivity index (χ4v) is 2.28. The molecule has 1 fully saturated rings. The lowest BCUT2D eigenvalue weighted by atomic mass is 10.0. The van der Waals surface area contributed by atoms with Gasteiger partial charge in [-0.3, -0.25) is 4.79 Å². The van der Waals surface area contributed by atoms with Gasteiger partial charge in [-0.2, -0.15) is 0 Å². The van der Waals surface area contributed by atoms with E-state index in [0.717, 1.165) is 0 Å². The Hall–Kier alpha value is -1.87. The number of carbonyl (C=O) groups is 1. The third kappa shape index (κ3) is 3.61. The molecule has 1 heterocycles. The number of benzene rings is 1. The molecule has 0 saturated carbocycles. The van der Waals surface area contributed by atoms with E-state index in [2.05, 4.69) is 11.8 Å². The van der Waals surface area contributed by atoms with Gasteiger partial charge < -0.3 is 19.8 Å². The first kappa shape index (κ1) is 15.5. The third-order valence-electron chi connectivity index (χ3n) is 3.43. The van der Waals surface area contributed by atoms with E-state index in [1.54, 1.807) is 29.2 Å². The molecule has 1 saturated heterocycles. The van der Waals surface area contributed by atoms with E-state index < -0.39 is 0 Å². The molecule has 1 amide bonds. The highest BCUT2D eigenvalue weighted by Gasteiger charge is 2.30. The van der Waals surface area contributed by atoms with Crippen LogP contribution in [0.4, 0.5) is 0 Å². The van der Waals surface area contributed by atoms with E-state index >= 15 is 0 Å². The summed E-state index contributed by atoms with van der Waals surface area (Å²) in [7, 11) is 0. The predicted octanol–water partition coefficient (Wildman–Crippen LogP) is 0.252. The maximum Gasteiger partial charge on any atom is 0.255 e. The van der Waals surface area contributed by atoms with Crippen molar-refractivity contribution in [2.45, 2.75) is 19.1 Å². The van der Waals surface area contributed by atoms with Crippen LogP contribution >= 0.6 is 0 Å². The summed E-state index contributed by atoms with van der Waals surface area (Å²) in [5, 5.41) is 18.0. The Morgan fingerprint density at radius 2 is 2.19 bits per heavy atom. The SMILES string of the molecule is CC1COC(CO)CN1C(=O)c1ccccc1C#CCO. The monoisotopic (exact) mass is 289 g/mol. The zero-order chi connectivity index (χ0) is 15.2. The molecule has 0 spiro atoms. The lowest BCUT2D eigenvalue weighted by molar-refractivity contribution is -0.0667. The summed E-state index contributed by atoms with van der Waals surface area (Å²) in [5.74, 6) is 5.23. The van der Waals surface area contributed by atoms with Gasteiger partial charge in [0.1, 0.15) is 6.61 Å². The lowest BCUT2D eigenvalue weighted by Crippen LogP contribution is -2.52. The van der Waals surface area contributed by atoms with Crippen LogP contribution in [0.2, 0.25) is 0 Å². The molecule has 0 bridgehead atoms. The molecule has 1 aliphatic heterocycles. The second-order valence-corrected chi connectivity index (χ2v) is 4.95. The summed E-state index contributed by atoms with van der Waals surface area (Å²) >= 11 is 0. The van der Waals surface area contributed by atoms with Crippen LogP contribution in [0.15, 0.2) is 24.3 Å². The highest BCUT2D eigenvalue weighted by molar-refractivity contribution is 5.97. The van der Waals surface area contributed by atoms with Crippen molar-refractivity contribution in [3.05, 3.63) is 35.4 Å². The number of aliphatic hydroxyl groups excluding tert-OH is 2. The molecule has 2 atom stereocenters. The summed E-state index contributed by atoms with van der Waals surface area (Å²) in [6, 6.07) is 7.01. The lowest BCUT2D eigenvalue weighted by Gasteiger charge is -2.37. The van der Waals surface area contributed by atoms with Crippen LogP contribution in [0.25, 0.3) is 0 Å². The number of carbonyl (C=O) groups excluding carboxylic acids is 1. The Kier molecular flexibility index (Phi) is 5.34. The van der Waals surface area contributed by atoms with Crippen molar-refractivity contribution in [3.8, 4) is 11.8 Å². The number of nitrogens with zero attached hydrogens (tertiary/aromatic N) is 1. The van der Waals surface area contributed by atoms with Gasteiger partial charge in [-0.25, -0.2) is 0 Å². The molecular weight excluding hydrogens is 270 g/mol. The molecule has 0 radical (unpaired) electrons. The van der Waals surface area contributed by atoms with Gasteiger partial charge in [-0.05, 0) is 19.1 Å². The average molecular weight is 289 g/mol. The van der Waals surface area contributed by atoms with Crippen LogP contribution in [0.3, 0.4) is 0 Å². The largest absolute Gasteiger partial charge is 0.394 e. The normalized spacial score (nSPS) is 21.6. The molecule has 1 aromatic rings. The van der Waals surface area contributed by atoms with E-state index in [0.29, 0.717) is 24.3 Å². The molecule has 0 aromatic heterocycles. The predicted molar refractivity (Wildman–Crippen MR) is 77.7 cm³/mol. The van der Waals surface area contributed by atoms with Crippen molar-refractivity contribution in [1.82, 2.24) is 4.90 Å². The Morgan fingerprint density at radius 1 is 1.43 bits per heavy atom. The summed E-state index contributed by atoms with van der Waals surface area (Å²) in [6.45, 7) is 2.32. The Labute approximate surface area is 124 Å². The van der Waals surface area contributed by atoms with Crippen molar-refractivity contribution >= 4 is 5.91 Å². The maximum atomic E-state index is 12.7. The molecule has 5 nitrogen and oxygen atoms in total. The van der Waals surface area contributed by atoms with Gasteiger partial charge in [-0.1, -0.05) is 24.0 Å². The molecule has 2 unspecified atom stereocenters. The van der Waals surface area contributed by atoms with Gasteiger partial charge >= 0.3 is 0 Å². The highest BCUT2D eigenvalue weighted by Crippen LogP contribution is 2.17. The van der Waals surface area contributed by atoms with Gasteiger partial charge in [0.05, 0.1) is 30.9 Å². The smallest absolute Gasteiger partial charge is 0.255 e. The molecule has 112 valence electrons. The van der Waals surface area contributed by atoms with Gasteiger partial charge in [0.2, 0.25) is 0 Å². The third-order valence-corrected chi connectivity index (χ3v) is 3.43. The number of aliphatic hydroxyl groups is 2. The number of amides is 1. The van der Waals surface area contributed by atoms with Crippen molar-refractivity contribution < 1.29 is 19.7 Å². The second kappa shape index (κ2) is 7.23. The minimum atomic E-state index is -0.346. The number of ether oxygens (including phenoxy) is 1. The fourth-order valence-electron chi connectivity index (χ4n) is 2.28. The molecule has 2 rings (SSSR count). The van der Waals surface area contributed by atoms with E-state index in [-0.39, 0.29) is 31.3 Å². The van der Waals surface area contributed by atoms with Crippen LogP contribution in [-0.2, 0) is 4.74 Å². The number of hydrogen-bond acceptors (Lipinski definition) is 4. The maximum absolute atomic E-state index is 12.7. The molecule has 0 aliphatic carbocycles. The molecule has 21 heavy (non-hydrogen) atoms. The molecule has 5 heteroatoms. The average Bonchev–Trinajstić information content (AvgIpc) is 2.53. The van der Waals surface area contributed by atoms with Crippen molar-refractivity contribution in [1.29, 1.82) is 0 Å². The van der Waals surface area contributed by atoms with Crippen LogP contribution in [-0.4, -0.2) is 59.5 Å². The quantitative estimate of drug-likeness (QED) is 0.766. The summed E-state index contributed by atoms with van der Waals surface area (Å²) in [5.41, 5.74) is 1.10. The Balaban J connectivity index is 2.26. The van der Waals surface area contributed by atoms with Gasteiger partial charge in [-0.15, -0.1) is 0 Å². The molecule has 1 aliphatic rings. The van der Waals surface area contributed by atoms with Crippen LogP contribution < -0.4 is 0 Å². The molecule has 2 N–H and O–H groups in total. The second-order valence-electron chi connectivity index (χ2n) is 4.95. The van der Waals surface area contributed by atoms with Gasteiger partial charge in [0, 0.05) is 12.1 Å². The Morgan fingerprint density at radius 3 is 2.90 bits per heavy atom. The van der Waals surface area contributed by atoms with Gasteiger partial charge in [0.15, 0.2) is 0 Å². The number of hydrogen-bond donors (Lipinski definition) is 2. The van der Waals surface area contributed by atoms with Crippen molar-refractivity contribution in [2.75, 3.05) is 26.4 Å². The fraction of sp³-hybridized carbons (Fsp3) is 0.438. The van der Waals surface area contributed by atoms with E-state index in [9.17, 15) is 9.90 Å². The summed E-state index contributed by atoms with van der Waals surface area (Å²) in [6.07, 6.45) is -0.346. The standard InChI is InChI=1S/C16H19NO4/c1-12-11-21-14(10-19)9-17(12)16(20)15-7-3-2-5-13(15)6-4-8-18/h2-3,5,7,12,14,18-19H,8-11H2,1H3. The van der Waals surface area contributed by atoms with Crippen LogP contribution in [0, 0.1) is 11.8 Å². The van der Waals surface area contributed by atoms with Crippen molar-refractivity contribution in [2.24, 2.45) is 0 Å². The Bertz CT molecular complexity index is 561. The summed E-state index contributed by atoms with van der Waals surface area (Å²) in [4.78, 5) is 14.4. The topological polar surface area (TPSA) is 70.0 Å².